The average Bonchev–Trinajstić information content (AvgIpc) is 3.15. The molecule has 4 nitrogen and oxygen atoms in total. The zero-order chi connectivity index (χ0) is 30.7. The molecule has 216 valence electrons. The van der Waals surface area contributed by atoms with Gasteiger partial charge in [-0.05, 0) is 45.2 Å². The van der Waals surface area contributed by atoms with Crippen LogP contribution in [0.4, 0.5) is 0 Å². The van der Waals surface area contributed by atoms with Gasteiger partial charge in [0.15, 0.2) is 17.5 Å². The molecule has 0 saturated heterocycles. The van der Waals surface area contributed by atoms with Crippen LogP contribution in [-0.4, -0.2) is 19.9 Å². The second-order valence-corrected chi connectivity index (χ2v) is 11.1. The van der Waals surface area contributed by atoms with E-state index >= 15 is 0 Å². The molecular formula is C42H28N4. The maximum Gasteiger partial charge on any atom is 0.164 e. The smallest absolute Gasteiger partial charge is 0.164 e. The SMILES string of the molecule is c1ccc(-c2nc(-c3ccccc3)nc(-c3ccc(-c4c(-c5ccc(-c6ccccn6)cc5)ccc5ccccc45)cc3)n2)cc1. The molecule has 0 fully saturated rings. The summed E-state index contributed by atoms with van der Waals surface area (Å²) in [4.78, 5) is 19.2. The Kier molecular flexibility index (Phi) is 7.14. The van der Waals surface area contributed by atoms with Crippen molar-refractivity contribution in [3.8, 4) is 67.7 Å². The fraction of sp³-hybridized carbons (Fsp3) is 0. The van der Waals surface area contributed by atoms with Crippen molar-refractivity contribution in [3.05, 3.63) is 170 Å². The zero-order valence-corrected chi connectivity index (χ0v) is 25.0. The van der Waals surface area contributed by atoms with E-state index in [1.807, 2.05) is 85.1 Å². The van der Waals surface area contributed by atoms with Gasteiger partial charge in [0.05, 0.1) is 5.69 Å². The molecule has 8 rings (SSSR count). The Bertz CT molecular complexity index is 2210. The van der Waals surface area contributed by atoms with Gasteiger partial charge in [0.25, 0.3) is 0 Å². The predicted molar refractivity (Wildman–Crippen MR) is 188 cm³/mol. The van der Waals surface area contributed by atoms with Gasteiger partial charge in [-0.2, -0.15) is 0 Å². The van der Waals surface area contributed by atoms with Crippen LogP contribution in [0, 0.1) is 0 Å². The summed E-state index contributed by atoms with van der Waals surface area (Å²) >= 11 is 0. The Balaban J connectivity index is 1.22. The number of hydrogen-bond donors (Lipinski definition) is 0. The zero-order valence-electron chi connectivity index (χ0n) is 25.0. The van der Waals surface area contributed by atoms with Crippen LogP contribution in [-0.2, 0) is 0 Å². The maximum absolute atomic E-state index is 4.92. The molecule has 0 N–H and O–H groups in total. The van der Waals surface area contributed by atoms with Crippen molar-refractivity contribution in [1.82, 2.24) is 19.9 Å². The van der Waals surface area contributed by atoms with E-state index in [4.69, 9.17) is 15.0 Å². The predicted octanol–water partition coefficient (Wildman–Crippen LogP) is 10.4. The molecule has 2 heterocycles. The lowest BCUT2D eigenvalue weighted by Crippen LogP contribution is -2.00. The van der Waals surface area contributed by atoms with Crippen molar-refractivity contribution in [3.63, 3.8) is 0 Å². The Hall–Kier alpha value is -6.26. The number of rotatable bonds is 6. The van der Waals surface area contributed by atoms with Gasteiger partial charge >= 0.3 is 0 Å². The van der Waals surface area contributed by atoms with Crippen LogP contribution in [0.15, 0.2) is 170 Å². The molecule has 4 heteroatoms. The molecule has 0 aliphatic carbocycles. The van der Waals surface area contributed by atoms with Gasteiger partial charge in [0.1, 0.15) is 0 Å². The quantitative estimate of drug-likeness (QED) is 0.194. The third-order valence-electron chi connectivity index (χ3n) is 8.22. The van der Waals surface area contributed by atoms with Crippen molar-refractivity contribution >= 4 is 10.8 Å². The van der Waals surface area contributed by atoms with Crippen molar-refractivity contribution in [2.75, 3.05) is 0 Å². The van der Waals surface area contributed by atoms with E-state index in [0.717, 1.165) is 39.1 Å². The largest absolute Gasteiger partial charge is 0.256 e. The monoisotopic (exact) mass is 588 g/mol. The highest BCUT2D eigenvalue weighted by Crippen LogP contribution is 2.39. The van der Waals surface area contributed by atoms with Crippen molar-refractivity contribution < 1.29 is 0 Å². The lowest BCUT2D eigenvalue weighted by Gasteiger charge is -2.15. The van der Waals surface area contributed by atoms with Crippen LogP contribution in [0.25, 0.3) is 78.4 Å². The summed E-state index contributed by atoms with van der Waals surface area (Å²) in [6, 6.07) is 56.4. The molecule has 0 bridgehead atoms. The number of aromatic nitrogens is 4. The highest BCUT2D eigenvalue weighted by atomic mass is 15.0. The van der Waals surface area contributed by atoms with Gasteiger partial charge in [0.2, 0.25) is 0 Å². The van der Waals surface area contributed by atoms with Crippen LogP contribution in [0.3, 0.4) is 0 Å². The van der Waals surface area contributed by atoms with E-state index < -0.39 is 0 Å². The molecule has 0 unspecified atom stereocenters. The summed E-state index contributed by atoms with van der Waals surface area (Å²) in [6.07, 6.45) is 1.83. The van der Waals surface area contributed by atoms with Crippen molar-refractivity contribution in [1.29, 1.82) is 0 Å². The topological polar surface area (TPSA) is 51.6 Å². The average molecular weight is 589 g/mol. The third-order valence-corrected chi connectivity index (χ3v) is 8.22. The molecular weight excluding hydrogens is 560 g/mol. The molecule has 0 amide bonds. The number of nitrogens with zero attached hydrogens (tertiary/aromatic N) is 4. The molecule has 0 spiro atoms. The Morgan fingerprint density at radius 3 is 1.43 bits per heavy atom. The van der Waals surface area contributed by atoms with Crippen molar-refractivity contribution in [2.45, 2.75) is 0 Å². The molecule has 46 heavy (non-hydrogen) atoms. The summed E-state index contributed by atoms with van der Waals surface area (Å²) < 4.78 is 0. The van der Waals surface area contributed by atoms with Gasteiger partial charge in [-0.25, -0.2) is 15.0 Å². The van der Waals surface area contributed by atoms with Gasteiger partial charge in [-0.3, -0.25) is 4.98 Å². The Morgan fingerprint density at radius 1 is 0.326 bits per heavy atom. The second kappa shape index (κ2) is 12.0. The third kappa shape index (κ3) is 5.33. The van der Waals surface area contributed by atoms with Crippen LogP contribution >= 0.6 is 0 Å². The lowest BCUT2D eigenvalue weighted by molar-refractivity contribution is 1.07. The van der Waals surface area contributed by atoms with Gasteiger partial charge in [-0.1, -0.05) is 152 Å². The summed E-state index contributed by atoms with van der Waals surface area (Å²) in [5.74, 6) is 1.94. The van der Waals surface area contributed by atoms with Gasteiger partial charge in [-0.15, -0.1) is 0 Å². The Morgan fingerprint density at radius 2 is 0.826 bits per heavy atom. The second-order valence-electron chi connectivity index (χ2n) is 11.1. The fourth-order valence-corrected chi connectivity index (χ4v) is 5.90. The van der Waals surface area contributed by atoms with Gasteiger partial charge < -0.3 is 0 Å². The summed E-state index contributed by atoms with van der Waals surface area (Å²) in [5.41, 5.74) is 9.56. The molecule has 0 aliphatic rings. The van der Waals surface area contributed by atoms with Crippen molar-refractivity contribution in [2.24, 2.45) is 0 Å². The van der Waals surface area contributed by atoms with E-state index in [0.29, 0.717) is 17.5 Å². The highest BCUT2D eigenvalue weighted by Gasteiger charge is 2.15. The minimum absolute atomic E-state index is 0.641. The number of hydrogen-bond acceptors (Lipinski definition) is 4. The van der Waals surface area contributed by atoms with E-state index in [-0.39, 0.29) is 0 Å². The summed E-state index contributed by atoms with van der Waals surface area (Å²) in [6.45, 7) is 0. The lowest BCUT2D eigenvalue weighted by atomic mass is 9.89. The molecule has 8 aromatic rings. The minimum Gasteiger partial charge on any atom is -0.256 e. The van der Waals surface area contributed by atoms with Crippen LogP contribution < -0.4 is 0 Å². The van der Waals surface area contributed by atoms with E-state index in [2.05, 4.69) is 89.9 Å². The fourth-order valence-electron chi connectivity index (χ4n) is 5.90. The van der Waals surface area contributed by atoms with Crippen LogP contribution in [0.5, 0.6) is 0 Å². The maximum atomic E-state index is 4.92. The van der Waals surface area contributed by atoms with Gasteiger partial charge in [0, 0.05) is 28.5 Å². The Labute approximate surface area is 267 Å². The van der Waals surface area contributed by atoms with E-state index in [9.17, 15) is 0 Å². The van der Waals surface area contributed by atoms with E-state index in [1.54, 1.807) is 0 Å². The summed E-state index contributed by atoms with van der Waals surface area (Å²) in [7, 11) is 0. The molecule has 0 atom stereocenters. The van der Waals surface area contributed by atoms with E-state index in [1.165, 1.54) is 21.9 Å². The first-order valence-electron chi connectivity index (χ1n) is 15.3. The van der Waals surface area contributed by atoms with Crippen LogP contribution in [0.2, 0.25) is 0 Å². The molecule has 0 saturated carbocycles. The number of benzene rings is 6. The normalized spacial score (nSPS) is 11.0. The molecule has 0 aliphatic heterocycles. The molecule has 6 aromatic carbocycles. The standard InChI is InChI=1S/C42H28N4/c1-3-12-33(13-4-1)40-44-41(34-14-5-2-6-15-34)46-42(45-40)35-24-22-32(23-25-35)39-36-16-8-7-11-29(36)26-27-37(39)30-18-20-31(21-19-30)38-17-9-10-28-43-38/h1-28H. The highest BCUT2D eigenvalue weighted by molar-refractivity contribution is 6.04. The number of pyridine rings is 1. The first-order valence-corrected chi connectivity index (χ1v) is 15.3. The summed E-state index contributed by atoms with van der Waals surface area (Å²) in [5, 5.41) is 2.41. The minimum atomic E-state index is 0.641. The number of fused-ring (bicyclic) bond motifs is 1. The van der Waals surface area contributed by atoms with Crippen LogP contribution in [0.1, 0.15) is 0 Å². The molecule has 2 aromatic heterocycles. The molecule has 0 radical (unpaired) electrons. The first-order chi connectivity index (χ1) is 22.8. The first kappa shape index (κ1) is 27.3.